The van der Waals surface area contributed by atoms with Gasteiger partial charge in [0.05, 0.1) is 16.5 Å². The number of ether oxygens (including phenoxy) is 1. The largest absolute Gasteiger partial charge is 0.507 e. The predicted molar refractivity (Wildman–Crippen MR) is 98.9 cm³/mol. The molecule has 2 aromatic carbocycles. The second-order valence-electron chi connectivity index (χ2n) is 6.59. The van der Waals surface area contributed by atoms with Crippen molar-refractivity contribution in [3.05, 3.63) is 75.6 Å². The minimum atomic E-state index is -3.14. The van der Waals surface area contributed by atoms with Crippen LogP contribution in [0.2, 0.25) is 0 Å². The second kappa shape index (κ2) is 7.42. The van der Waals surface area contributed by atoms with Crippen molar-refractivity contribution in [2.45, 2.75) is 32.3 Å². The smallest absolute Gasteiger partial charge is 0.343 e. The molecule has 1 heterocycles. The summed E-state index contributed by atoms with van der Waals surface area (Å²) in [6.07, 6.45) is -1.48. The summed E-state index contributed by atoms with van der Waals surface area (Å²) in [5.74, 6) is -4.17. The molecule has 0 aliphatic rings. The zero-order valence-electron chi connectivity index (χ0n) is 15.2. The summed E-state index contributed by atoms with van der Waals surface area (Å²) in [5.41, 5.74) is 0.457. The van der Waals surface area contributed by atoms with Crippen molar-refractivity contribution in [3.8, 4) is 5.75 Å². The summed E-state index contributed by atoms with van der Waals surface area (Å²) in [4.78, 5) is 24.1. The monoisotopic (exact) mass is 388 g/mol. The van der Waals surface area contributed by atoms with Gasteiger partial charge in [0.15, 0.2) is 6.10 Å². The number of benzene rings is 2. The molecule has 0 spiro atoms. The third-order valence-electron chi connectivity index (χ3n) is 4.45. The third-order valence-corrected chi connectivity index (χ3v) is 4.45. The first-order chi connectivity index (χ1) is 13.2. The highest BCUT2D eigenvalue weighted by Gasteiger charge is 2.33. The number of aromatic hydroxyl groups is 1. The van der Waals surface area contributed by atoms with Crippen LogP contribution in [-0.4, -0.2) is 23.1 Å². The van der Waals surface area contributed by atoms with Gasteiger partial charge in [-0.15, -0.1) is 0 Å². The number of hydrogen-bond donors (Lipinski definition) is 1. The van der Waals surface area contributed by atoms with Crippen molar-refractivity contribution in [1.82, 2.24) is 0 Å². The van der Waals surface area contributed by atoms with Gasteiger partial charge in [-0.2, -0.15) is 0 Å². The number of carbonyl (C=O) groups is 1. The van der Waals surface area contributed by atoms with E-state index in [2.05, 4.69) is 0 Å². The number of carbonyl (C=O) groups excluding carboxylic acids is 1. The van der Waals surface area contributed by atoms with Gasteiger partial charge in [0.1, 0.15) is 11.3 Å². The lowest BCUT2D eigenvalue weighted by molar-refractivity contribution is -0.0934. The van der Waals surface area contributed by atoms with Crippen LogP contribution in [0.25, 0.3) is 11.0 Å². The summed E-state index contributed by atoms with van der Waals surface area (Å²) in [6, 6.07) is 12.6. The van der Waals surface area contributed by atoms with Crippen molar-refractivity contribution in [2.24, 2.45) is 0 Å². The molecule has 0 aliphatic heterocycles. The van der Waals surface area contributed by atoms with E-state index in [-0.39, 0.29) is 28.9 Å². The van der Waals surface area contributed by atoms with E-state index in [1.165, 1.54) is 12.1 Å². The first-order valence-corrected chi connectivity index (χ1v) is 8.58. The summed E-state index contributed by atoms with van der Waals surface area (Å²) in [5, 5.41) is 10.8. The first-order valence-electron chi connectivity index (χ1n) is 8.58. The number of para-hydroxylation sites is 1. The number of rotatable bonds is 5. The van der Waals surface area contributed by atoms with Crippen LogP contribution in [0.4, 0.5) is 8.78 Å². The Kier molecular flexibility index (Phi) is 5.18. The zero-order valence-corrected chi connectivity index (χ0v) is 15.2. The molecule has 0 aliphatic carbocycles. The number of fused-ring (bicyclic) bond motifs is 1. The Balaban J connectivity index is 1.81. The Bertz CT molecular complexity index is 1060. The van der Waals surface area contributed by atoms with Gasteiger partial charge in [-0.3, -0.25) is 0 Å². The molecule has 0 radical (unpaired) electrons. The van der Waals surface area contributed by atoms with E-state index in [0.29, 0.717) is 17.9 Å². The highest BCUT2D eigenvalue weighted by Crippen LogP contribution is 2.27. The van der Waals surface area contributed by atoms with Gasteiger partial charge in [-0.1, -0.05) is 24.3 Å². The van der Waals surface area contributed by atoms with Gasteiger partial charge >= 0.3 is 11.6 Å². The molecule has 0 saturated heterocycles. The SMILES string of the molecule is CC(OC(=O)c1ccc(Cc2c(O)c3ccccc3oc2=O)cc1)C(C)(F)F. The molecule has 0 bridgehead atoms. The average Bonchev–Trinajstić information content (AvgIpc) is 2.64. The molecule has 0 saturated carbocycles. The van der Waals surface area contributed by atoms with E-state index in [1.807, 2.05) is 0 Å². The molecule has 3 rings (SSSR count). The Hall–Kier alpha value is -3.22. The van der Waals surface area contributed by atoms with E-state index >= 15 is 0 Å². The number of halogens is 2. The van der Waals surface area contributed by atoms with Crippen LogP contribution in [0.1, 0.15) is 35.3 Å². The lowest BCUT2D eigenvalue weighted by atomic mass is 10.0. The van der Waals surface area contributed by atoms with E-state index < -0.39 is 23.6 Å². The molecule has 5 nitrogen and oxygen atoms in total. The fourth-order valence-corrected chi connectivity index (χ4v) is 2.62. The maximum atomic E-state index is 13.1. The number of esters is 1. The van der Waals surface area contributed by atoms with Gasteiger partial charge in [0.2, 0.25) is 0 Å². The molecule has 146 valence electrons. The van der Waals surface area contributed by atoms with Crippen LogP contribution in [0.15, 0.2) is 57.7 Å². The molecule has 1 aromatic heterocycles. The Labute approximate surface area is 159 Å². The van der Waals surface area contributed by atoms with Crippen LogP contribution in [0, 0.1) is 0 Å². The van der Waals surface area contributed by atoms with Crippen LogP contribution in [-0.2, 0) is 11.2 Å². The topological polar surface area (TPSA) is 76.7 Å². The molecule has 1 unspecified atom stereocenters. The summed E-state index contributed by atoms with van der Waals surface area (Å²) in [6.45, 7) is 1.80. The van der Waals surface area contributed by atoms with E-state index in [1.54, 1.807) is 36.4 Å². The molecule has 1 atom stereocenters. The first kappa shape index (κ1) is 19.5. The summed E-state index contributed by atoms with van der Waals surface area (Å²) >= 11 is 0. The van der Waals surface area contributed by atoms with E-state index in [0.717, 1.165) is 6.92 Å². The fourth-order valence-electron chi connectivity index (χ4n) is 2.62. The quantitative estimate of drug-likeness (QED) is 0.521. The van der Waals surface area contributed by atoms with Crippen LogP contribution in [0.5, 0.6) is 5.75 Å². The molecule has 1 N–H and O–H groups in total. The molecule has 28 heavy (non-hydrogen) atoms. The van der Waals surface area contributed by atoms with Crippen molar-refractivity contribution >= 4 is 16.9 Å². The number of alkyl halides is 2. The number of hydrogen-bond acceptors (Lipinski definition) is 5. The maximum Gasteiger partial charge on any atom is 0.343 e. The zero-order chi connectivity index (χ0) is 20.5. The molecule has 0 amide bonds. The highest BCUT2D eigenvalue weighted by atomic mass is 19.3. The summed E-state index contributed by atoms with van der Waals surface area (Å²) in [7, 11) is 0. The van der Waals surface area contributed by atoms with Gasteiger partial charge in [-0.25, -0.2) is 18.4 Å². The van der Waals surface area contributed by atoms with Crippen molar-refractivity contribution in [3.63, 3.8) is 0 Å². The van der Waals surface area contributed by atoms with E-state index in [9.17, 15) is 23.5 Å². The Morgan fingerprint density at radius 1 is 1.18 bits per heavy atom. The predicted octanol–water partition coefficient (Wildman–Crippen LogP) is 4.29. The third kappa shape index (κ3) is 4.03. The van der Waals surface area contributed by atoms with Gasteiger partial charge in [-0.05, 0) is 36.8 Å². The standard InChI is InChI=1S/C21H18F2O5/c1-12(21(2,22)23)27-19(25)14-9-7-13(8-10-14)11-16-18(24)15-5-3-4-6-17(15)28-20(16)26/h3-10,12,24H,11H2,1-2H3. The average molecular weight is 388 g/mol. The molecular weight excluding hydrogens is 370 g/mol. The molecule has 0 fully saturated rings. The fraction of sp³-hybridized carbons (Fsp3) is 0.238. The van der Waals surface area contributed by atoms with Gasteiger partial charge in [0.25, 0.3) is 5.92 Å². The minimum Gasteiger partial charge on any atom is -0.507 e. The second-order valence-corrected chi connectivity index (χ2v) is 6.59. The van der Waals surface area contributed by atoms with Crippen molar-refractivity contribution in [2.75, 3.05) is 0 Å². The lowest BCUT2D eigenvalue weighted by Gasteiger charge is -2.19. The molecular formula is C21H18F2O5. The van der Waals surface area contributed by atoms with Crippen LogP contribution < -0.4 is 5.63 Å². The molecule has 7 heteroatoms. The van der Waals surface area contributed by atoms with Crippen LogP contribution >= 0.6 is 0 Å². The van der Waals surface area contributed by atoms with Gasteiger partial charge in [0, 0.05) is 13.3 Å². The lowest BCUT2D eigenvalue weighted by Crippen LogP contribution is -2.32. The van der Waals surface area contributed by atoms with Crippen molar-refractivity contribution < 1.29 is 27.8 Å². The minimum absolute atomic E-state index is 0.0811. The highest BCUT2D eigenvalue weighted by molar-refractivity contribution is 5.89. The normalized spacial score (nSPS) is 12.7. The Morgan fingerprint density at radius 3 is 2.46 bits per heavy atom. The van der Waals surface area contributed by atoms with Gasteiger partial charge < -0.3 is 14.3 Å². The van der Waals surface area contributed by atoms with E-state index in [4.69, 9.17) is 9.15 Å². The molecule has 3 aromatic rings. The van der Waals surface area contributed by atoms with Crippen LogP contribution in [0.3, 0.4) is 0 Å². The Morgan fingerprint density at radius 2 is 1.82 bits per heavy atom. The maximum absolute atomic E-state index is 13.1. The van der Waals surface area contributed by atoms with Crippen molar-refractivity contribution in [1.29, 1.82) is 0 Å². The summed E-state index contributed by atoms with van der Waals surface area (Å²) < 4.78 is 36.3.